The number of likely N-dealkylation sites (N-methyl/N-ethyl adjacent to an activating group) is 2. The van der Waals surface area contributed by atoms with Gasteiger partial charge in [-0.1, -0.05) is 0 Å². The number of hydrogen-bond donors (Lipinski definition) is 0. The summed E-state index contributed by atoms with van der Waals surface area (Å²) in [5.41, 5.74) is 0. The Morgan fingerprint density at radius 2 is 2.08 bits per heavy atom. The highest BCUT2D eigenvalue weighted by atomic mass is 32.2. The number of hydrogen-bond acceptors (Lipinski definition) is 3. The predicted octanol–water partition coefficient (Wildman–Crippen LogP) is -0.418. The second kappa shape index (κ2) is 3.32. The van der Waals surface area contributed by atoms with Crippen molar-refractivity contribution in [1.29, 1.82) is 0 Å². The molecule has 1 saturated heterocycles. The van der Waals surface area contributed by atoms with Gasteiger partial charge < -0.3 is 4.90 Å². The van der Waals surface area contributed by atoms with Gasteiger partial charge in [0.2, 0.25) is 10.0 Å². The van der Waals surface area contributed by atoms with Gasteiger partial charge in [0.15, 0.2) is 0 Å². The van der Waals surface area contributed by atoms with Gasteiger partial charge in [0.1, 0.15) is 0 Å². The van der Waals surface area contributed by atoms with E-state index in [1.54, 1.807) is 7.05 Å². The summed E-state index contributed by atoms with van der Waals surface area (Å²) < 4.78 is 23.7. The summed E-state index contributed by atoms with van der Waals surface area (Å²) in [5, 5.41) is 0. The Morgan fingerprint density at radius 1 is 1.50 bits per heavy atom. The van der Waals surface area contributed by atoms with Crippen LogP contribution < -0.4 is 0 Å². The molecular weight excluding hydrogens is 176 g/mol. The van der Waals surface area contributed by atoms with Crippen LogP contribution in [0.2, 0.25) is 0 Å². The molecule has 0 aliphatic carbocycles. The van der Waals surface area contributed by atoms with Crippen molar-refractivity contribution < 1.29 is 8.42 Å². The third-order valence-corrected chi connectivity index (χ3v) is 3.75. The Labute approximate surface area is 74.2 Å². The zero-order valence-corrected chi connectivity index (χ0v) is 8.63. The summed E-state index contributed by atoms with van der Waals surface area (Å²) in [6.45, 7) is 1.84. The molecule has 0 N–H and O–H groups in total. The highest BCUT2D eigenvalue weighted by Gasteiger charge is 2.27. The molecule has 5 heteroatoms. The first kappa shape index (κ1) is 9.95. The molecular formula is C7H16N2O2S. The maximum atomic E-state index is 11.1. The van der Waals surface area contributed by atoms with Crippen molar-refractivity contribution in [2.45, 2.75) is 12.5 Å². The first-order valence-corrected chi connectivity index (χ1v) is 5.87. The molecule has 1 aliphatic rings. The van der Waals surface area contributed by atoms with E-state index in [9.17, 15) is 8.42 Å². The lowest BCUT2D eigenvalue weighted by atomic mass is 10.3. The summed E-state index contributed by atoms with van der Waals surface area (Å²) in [6.07, 6.45) is 2.20. The van der Waals surface area contributed by atoms with E-state index in [2.05, 4.69) is 4.90 Å². The van der Waals surface area contributed by atoms with Crippen LogP contribution in [0.15, 0.2) is 0 Å². The Bertz CT molecular complexity index is 250. The lowest BCUT2D eigenvalue weighted by molar-refractivity contribution is 0.347. The minimum Gasteiger partial charge on any atom is -0.305 e. The molecule has 0 amide bonds. The topological polar surface area (TPSA) is 40.6 Å². The molecule has 4 nitrogen and oxygen atoms in total. The molecule has 0 aromatic heterocycles. The van der Waals surface area contributed by atoms with E-state index in [0.29, 0.717) is 0 Å². The average molecular weight is 192 g/mol. The minimum absolute atomic E-state index is 0.171. The molecule has 1 atom stereocenters. The van der Waals surface area contributed by atoms with Gasteiger partial charge in [-0.3, -0.25) is 0 Å². The zero-order chi connectivity index (χ0) is 9.35. The van der Waals surface area contributed by atoms with Crippen LogP contribution in [0.5, 0.6) is 0 Å². The van der Waals surface area contributed by atoms with Crippen LogP contribution in [-0.4, -0.2) is 57.1 Å². The van der Waals surface area contributed by atoms with E-state index in [1.165, 1.54) is 10.6 Å². The molecule has 0 aromatic rings. The van der Waals surface area contributed by atoms with Crippen molar-refractivity contribution in [3.05, 3.63) is 0 Å². The maximum absolute atomic E-state index is 11.1. The molecule has 1 heterocycles. The van der Waals surface area contributed by atoms with Gasteiger partial charge in [0.25, 0.3) is 0 Å². The van der Waals surface area contributed by atoms with Crippen molar-refractivity contribution in [1.82, 2.24) is 9.21 Å². The largest absolute Gasteiger partial charge is 0.305 e. The Morgan fingerprint density at radius 3 is 2.42 bits per heavy atom. The second-order valence-corrected chi connectivity index (χ2v) is 5.53. The first-order valence-electron chi connectivity index (χ1n) is 4.03. The van der Waals surface area contributed by atoms with Crippen LogP contribution in [0.1, 0.15) is 6.42 Å². The lowest BCUT2D eigenvalue weighted by Crippen LogP contribution is -2.37. The molecule has 0 saturated carbocycles. The number of rotatable bonds is 2. The number of likely N-dealkylation sites (tertiary alicyclic amines) is 1. The lowest BCUT2D eigenvalue weighted by Gasteiger charge is -2.21. The quantitative estimate of drug-likeness (QED) is 0.597. The van der Waals surface area contributed by atoms with E-state index in [0.717, 1.165) is 19.5 Å². The molecule has 72 valence electrons. The second-order valence-electron chi connectivity index (χ2n) is 3.48. The van der Waals surface area contributed by atoms with Crippen molar-refractivity contribution in [3.8, 4) is 0 Å². The van der Waals surface area contributed by atoms with Crippen LogP contribution >= 0.6 is 0 Å². The van der Waals surface area contributed by atoms with Gasteiger partial charge in [-0.25, -0.2) is 12.7 Å². The van der Waals surface area contributed by atoms with Crippen molar-refractivity contribution in [3.63, 3.8) is 0 Å². The number of sulfonamides is 1. The van der Waals surface area contributed by atoms with Crippen molar-refractivity contribution >= 4 is 10.0 Å². The van der Waals surface area contributed by atoms with Crippen LogP contribution in [0.4, 0.5) is 0 Å². The van der Waals surface area contributed by atoms with Gasteiger partial charge in [-0.05, 0) is 20.0 Å². The molecule has 0 spiro atoms. The third-order valence-electron chi connectivity index (χ3n) is 2.40. The van der Waals surface area contributed by atoms with E-state index in [-0.39, 0.29) is 6.04 Å². The Hall–Kier alpha value is -0.130. The summed E-state index contributed by atoms with van der Waals surface area (Å²) in [5.74, 6) is 0. The van der Waals surface area contributed by atoms with E-state index in [1.807, 2.05) is 7.05 Å². The number of nitrogens with zero attached hydrogens (tertiary/aromatic N) is 2. The molecule has 0 aromatic carbocycles. The first-order chi connectivity index (χ1) is 5.41. The van der Waals surface area contributed by atoms with Gasteiger partial charge in [0, 0.05) is 19.6 Å². The highest BCUT2D eigenvalue weighted by molar-refractivity contribution is 7.88. The fourth-order valence-electron chi connectivity index (χ4n) is 1.48. The minimum atomic E-state index is -3.00. The van der Waals surface area contributed by atoms with E-state index >= 15 is 0 Å². The van der Waals surface area contributed by atoms with Crippen LogP contribution in [0.25, 0.3) is 0 Å². The molecule has 0 bridgehead atoms. The third kappa shape index (κ3) is 2.18. The van der Waals surface area contributed by atoms with Gasteiger partial charge in [0.05, 0.1) is 6.26 Å². The van der Waals surface area contributed by atoms with E-state index < -0.39 is 10.0 Å². The molecule has 12 heavy (non-hydrogen) atoms. The van der Waals surface area contributed by atoms with Crippen molar-refractivity contribution in [2.24, 2.45) is 0 Å². The summed E-state index contributed by atoms with van der Waals surface area (Å²) in [6, 6.07) is 0.171. The summed E-state index contributed by atoms with van der Waals surface area (Å²) in [4.78, 5) is 2.15. The molecule has 1 fully saturated rings. The Balaban J connectivity index is 2.61. The Kier molecular flexibility index (Phi) is 2.75. The fraction of sp³-hybridized carbons (Fsp3) is 1.00. The standard InChI is InChI=1S/C7H16N2O2S/c1-8-5-4-7(6-8)9(2)12(3,10)11/h7H,4-6H2,1-3H3/t7-/m1/s1. The van der Waals surface area contributed by atoms with E-state index in [4.69, 9.17) is 0 Å². The fourth-order valence-corrected chi connectivity index (χ4v) is 2.19. The van der Waals surface area contributed by atoms with Crippen LogP contribution in [0.3, 0.4) is 0 Å². The normalized spacial score (nSPS) is 26.8. The highest BCUT2D eigenvalue weighted by Crippen LogP contribution is 2.14. The van der Waals surface area contributed by atoms with Crippen LogP contribution in [0, 0.1) is 0 Å². The maximum Gasteiger partial charge on any atom is 0.211 e. The smallest absolute Gasteiger partial charge is 0.211 e. The van der Waals surface area contributed by atoms with Crippen LogP contribution in [-0.2, 0) is 10.0 Å². The van der Waals surface area contributed by atoms with Gasteiger partial charge >= 0.3 is 0 Å². The summed E-state index contributed by atoms with van der Waals surface area (Å²) in [7, 11) is 0.659. The SMILES string of the molecule is CN1CC[C@@H](N(C)S(C)(=O)=O)C1. The van der Waals surface area contributed by atoms with Gasteiger partial charge in [-0.15, -0.1) is 0 Å². The zero-order valence-electron chi connectivity index (χ0n) is 7.82. The molecule has 0 unspecified atom stereocenters. The molecule has 1 aliphatic heterocycles. The van der Waals surface area contributed by atoms with Gasteiger partial charge in [-0.2, -0.15) is 0 Å². The van der Waals surface area contributed by atoms with Crippen molar-refractivity contribution in [2.75, 3.05) is 33.4 Å². The predicted molar refractivity (Wildman–Crippen MR) is 48.5 cm³/mol. The molecule has 1 rings (SSSR count). The molecule has 0 radical (unpaired) electrons. The average Bonchev–Trinajstić information content (AvgIpc) is 2.32. The monoisotopic (exact) mass is 192 g/mol. The summed E-state index contributed by atoms with van der Waals surface area (Å²) >= 11 is 0.